The predicted molar refractivity (Wildman–Crippen MR) is 85.4 cm³/mol. The van der Waals surface area contributed by atoms with Crippen LogP contribution < -0.4 is 10.9 Å². The van der Waals surface area contributed by atoms with Crippen LogP contribution in [0.5, 0.6) is 0 Å². The number of rotatable bonds is 5. The van der Waals surface area contributed by atoms with Gasteiger partial charge in [0, 0.05) is 13.0 Å². The van der Waals surface area contributed by atoms with E-state index in [4.69, 9.17) is 4.42 Å². The van der Waals surface area contributed by atoms with E-state index in [1.165, 1.54) is 29.4 Å². The number of anilines is 1. The summed E-state index contributed by atoms with van der Waals surface area (Å²) in [6, 6.07) is 8.23. The van der Waals surface area contributed by atoms with Gasteiger partial charge < -0.3 is 9.32 Å². The molecule has 138 valence electrons. The van der Waals surface area contributed by atoms with Gasteiger partial charge in [-0.25, -0.2) is 0 Å². The van der Waals surface area contributed by atoms with Crippen molar-refractivity contribution >= 4 is 17.5 Å². The molecular formula is C17H16F3N3O3. The number of hydrazine groups is 1. The molecular weight excluding hydrogens is 351 g/mol. The molecule has 0 aliphatic carbocycles. The average Bonchev–Trinajstić information content (AvgIpc) is 3.23. The Morgan fingerprint density at radius 3 is 2.69 bits per heavy atom. The van der Waals surface area contributed by atoms with Gasteiger partial charge in [0.15, 0.2) is 0 Å². The Morgan fingerprint density at radius 1 is 1.23 bits per heavy atom. The molecule has 0 bridgehead atoms. The predicted octanol–water partition coefficient (Wildman–Crippen LogP) is 2.79. The molecule has 1 aliphatic heterocycles. The lowest BCUT2D eigenvalue weighted by molar-refractivity contribution is -0.137. The highest BCUT2D eigenvalue weighted by molar-refractivity contribution is 5.89. The molecule has 26 heavy (non-hydrogen) atoms. The first kappa shape index (κ1) is 17.8. The van der Waals surface area contributed by atoms with Crippen molar-refractivity contribution < 1.29 is 27.2 Å². The summed E-state index contributed by atoms with van der Waals surface area (Å²) in [6.45, 7) is 0.425. The van der Waals surface area contributed by atoms with E-state index < -0.39 is 23.6 Å². The number of hydrogen-bond donors (Lipinski definition) is 2. The van der Waals surface area contributed by atoms with Crippen molar-refractivity contribution in [1.29, 1.82) is 0 Å². The monoisotopic (exact) mass is 367 g/mol. The van der Waals surface area contributed by atoms with Crippen LogP contribution in [0.2, 0.25) is 0 Å². The second-order valence-corrected chi connectivity index (χ2v) is 5.91. The molecule has 0 saturated carbocycles. The molecule has 2 heterocycles. The molecule has 2 N–H and O–H groups in total. The largest absolute Gasteiger partial charge is 0.467 e. The van der Waals surface area contributed by atoms with Gasteiger partial charge in [0.1, 0.15) is 5.76 Å². The van der Waals surface area contributed by atoms with Crippen LogP contribution in [0.15, 0.2) is 47.1 Å². The Hall–Kier alpha value is -2.97. The van der Waals surface area contributed by atoms with Gasteiger partial charge in [-0.05, 0) is 24.3 Å². The second kappa shape index (κ2) is 7.11. The summed E-state index contributed by atoms with van der Waals surface area (Å²) in [5.74, 6) is -0.811. The van der Waals surface area contributed by atoms with Crippen LogP contribution in [0.1, 0.15) is 17.7 Å². The Kier molecular flexibility index (Phi) is 4.88. The summed E-state index contributed by atoms with van der Waals surface area (Å²) < 4.78 is 44.0. The fourth-order valence-corrected chi connectivity index (χ4v) is 2.76. The molecule has 1 aromatic carbocycles. The maximum atomic E-state index is 12.9. The minimum Gasteiger partial charge on any atom is -0.467 e. The van der Waals surface area contributed by atoms with E-state index in [0.717, 1.165) is 6.07 Å². The van der Waals surface area contributed by atoms with Crippen LogP contribution in [0.25, 0.3) is 0 Å². The lowest BCUT2D eigenvalue weighted by atomic mass is 10.1. The summed E-state index contributed by atoms with van der Waals surface area (Å²) in [5, 5.41) is 0. The number of alkyl halides is 3. The van der Waals surface area contributed by atoms with Crippen molar-refractivity contribution in [2.24, 2.45) is 5.92 Å². The molecule has 9 heteroatoms. The first-order chi connectivity index (χ1) is 12.3. The molecule has 6 nitrogen and oxygen atoms in total. The lowest BCUT2D eigenvalue weighted by Gasteiger charge is -2.17. The zero-order valence-corrected chi connectivity index (χ0v) is 13.5. The third-order valence-corrected chi connectivity index (χ3v) is 4.06. The quantitative estimate of drug-likeness (QED) is 0.797. The van der Waals surface area contributed by atoms with E-state index in [9.17, 15) is 22.8 Å². The van der Waals surface area contributed by atoms with Crippen molar-refractivity contribution in [2.45, 2.75) is 19.1 Å². The zero-order valence-electron chi connectivity index (χ0n) is 13.5. The summed E-state index contributed by atoms with van der Waals surface area (Å²) in [4.78, 5) is 25.7. The number of hydrogen-bond acceptors (Lipinski definition) is 4. The highest BCUT2D eigenvalue weighted by atomic mass is 19.4. The Labute approximate surface area is 146 Å². The number of para-hydroxylation sites is 1. The molecule has 0 radical (unpaired) electrons. The van der Waals surface area contributed by atoms with Crippen molar-refractivity contribution in [1.82, 2.24) is 10.3 Å². The number of halogens is 3. The number of carbonyl (C=O) groups is 2. The minimum absolute atomic E-state index is 0.00482. The smallest absolute Gasteiger partial charge is 0.418 e. The van der Waals surface area contributed by atoms with Crippen LogP contribution in [-0.2, 0) is 22.3 Å². The molecule has 2 amide bonds. The minimum atomic E-state index is -4.54. The van der Waals surface area contributed by atoms with E-state index in [1.807, 2.05) is 0 Å². The van der Waals surface area contributed by atoms with E-state index in [0.29, 0.717) is 5.76 Å². The SMILES string of the molecule is O=C(NNc1ccccc1C(F)(F)F)C1CC(=O)N(Cc2ccco2)C1. The highest BCUT2D eigenvalue weighted by Crippen LogP contribution is 2.34. The maximum Gasteiger partial charge on any atom is 0.418 e. The fraction of sp³-hybridized carbons (Fsp3) is 0.294. The van der Waals surface area contributed by atoms with Crippen molar-refractivity contribution in [3.8, 4) is 0 Å². The van der Waals surface area contributed by atoms with Gasteiger partial charge in [-0.15, -0.1) is 0 Å². The summed E-state index contributed by atoms with van der Waals surface area (Å²) in [6.07, 6.45) is -3.06. The van der Waals surface area contributed by atoms with Gasteiger partial charge >= 0.3 is 6.18 Å². The molecule has 0 spiro atoms. The van der Waals surface area contributed by atoms with Gasteiger partial charge in [-0.1, -0.05) is 12.1 Å². The van der Waals surface area contributed by atoms with Crippen LogP contribution in [0.3, 0.4) is 0 Å². The standard InChI is InChI=1S/C17H16F3N3O3/c18-17(19,20)13-5-1-2-6-14(13)21-22-16(25)11-8-15(24)23(9-11)10-12-4-3-7-26-12/h1-7,11,21H,8-10H2,(H,22,25). The Balaban J connectivity index is 1.59. The van der Waals surface area contributed by atoms with E-state index in [1.54, 1.807) is 12.1 Å². The number of carbonyl (C=O) groups excluding carboxylic acids is 2. The van der Waals surface area contributed by atoms with E-state index in [2.05, 4.69) is 10.9 Å². The number of likely N-dealkylation sites (tertiary alicyclic amines) is 1. The lowest BCUT2D eigenvalue weighted by Crippen LogP contribution is -2.37. The summed E-state index contributed by atoms with van der Waals surface area (Å²) >= 11 is 0. The van der Waals surface area contributed by atoms with Gasteiger partial charge in [-0.2, -0.15) is 13.2 Å². The van der Waals surface area contributed by atoms with Crippen LogP contribution >= 0.6 is 0 Å². The molecule has 3 rings (SSSR count). The first-order valence-electron chi connectivity index (χ1n) is 7.87. The fourth-order valence-electron chi connectivity index (χ4n) is 2.76. The molecule has 1 unspecified atom stereocenters. The zero-order chi connectivity index (χ0) is 18.7. The maximum absolute atomic E-state index is 12.9. The van der Waals surface area contributed by atoms with Gasteiger partial charge in [0.05, 0.1) is 30.0 Å². The topological polar surface area (TPSA) is 74.6 Å². The number of nitrogens with zero attached hydrogens (tertiary/aromatic N) is 1. The number of furan rings is 1. The number of amides is 2. The van der Waals surface area contributed by atoms with Crippen molar-refractivity contribution in [3.05, 3.63) is 54.0 Å². The van der Waals surface area contributed by atoms with E-state index >= 15 is 0 Å². The van der Waals surface area contributed by atoms with Crippen LogP contribution in [0.4, 0.5) is 18.9 Å². The molecule has 2 aromatic rings. The first-order valence-corrected chi connectivity index (χ1v) is 7.87. The van der Waals surface area contributed by atoms with Crippen molar-refractivity contribution in [3.63, 3.8) is 0 Å². The summed E-state index contributed by atoms with van der Waals surface area (Å²) in [7, 11) is 0. The second-order valence-electron chi connectivity index (χ2n) is 5.91. The molecule has 1 atom stereocenters. The molecule has 1 fully saturated rings. The number of nitrogens with one attached hydrogen (secondary N) is 2. The average molecular weight is 367 g/mol. The Morgan fingerprint density at radius 2 is 2.00 bits per heavy atom. The molecule has 1 saturated heterocycles. The summed E-state index contributed by atoms with van der Waals surface area (Å²) in [5.41, 5.74) is 3.42. The van der Waals surface area contributed by atoms with Gasteiger partial charge in [0.2, 0.25) is 11.8 Å². The molecule has 1 aliphatic rings. The third-order valence-electron chi connectivity index (χ3n) is 4.06. The van der Waals surface area contributed by atoms with Gasteiger partial charge in [0.25, 0.3) is 0 Å². The molecule has 1 aromatic heterocycles. The highest BCUT2D eigenvalue weighted by Gasteiger charge is 2.36. The van der Waals surface area contributed by atoms with Crippen LogP contribution in [-0.4, -0.2) is 23.3 Å². The Bertz CT molecular complexity index is 790. The van der Waals surface area contributed by atoms with Gasteiger partial charge in [-0.3, -0.25) is 20.4 Å². The third kappa shape index (κ3) is 3.98. The van der Waals surface area contributed by atoms with Crippen molar-refractivity contribution in [2.75, 3.05) is 12.0 Å². The van der Waals surface area contributed by atoms with E-state index in [-0.39, 0.29) is 31.1 Å². The van der Waals surface area contributed by atoms with Crippen LogP contribution in [0, 0.1) is 5.92 Å². The normalized spacial score (nSPS) is 17.4. The number of benzene rings is 1.